The van der Waals surface area contributed by atoms with Gasteiger partial charge in [-0.1, -0.05) is 0 Å². The summed E-state index contributed by atoms with van der Waals surface area (Å²) in [6.07, 6.45) is 3.62. The van der Waals surface area contributed by atoms with E-state index >= 15 is 0 Å². The van der Waals surface area contributed by atoms with Crippen molar-refractivity contribution >= 4 is 28.3 Å². The molecule has 150 valence electrons. The van der Waals surface area contributed by atoms with Crippen LogP contribution in [-0.2, 0) is 4.79 Å². The van der Waals surface area contributed by atoms with Gasteiger partial charge in [-0.2, -0.15) is 5.10 Å². The molecule has 0 saturated carbocycles. The van der Waals surface area contributed by atoms with Crippen molar-refractivity contribution in [3.05, 3.63) is 41.5 Å². The maximum atomic E-state index is 12.3. The lowest BCUT2D eigenvalue weighted by atomic mass is 10.1. The van der Waals surface area contributed by atoms with E-state index in [0.717, 1.165) is 41.1 Å². The number of nitrogens with zero attached hydrogens (tertiary/aromatic N) is 3. The van der Waals surface area contributed by atoms with E-state index in [9.17, 15) is 4.79 Å². The van der Waals surface area contributed by atoms with Gasteiger partial charge in [-0.25, -0.2) is 4.98 Å². The standard InChI is InChI=1S/C20H24N8O/c1-10(11(2)21)18(22)20(29)25-14-4-13-5-17(26-19(13)24-6-14)16-9-28(27-12(16)3)15-7-23-8-15/h4-6,9,15,22-23H,7-8,21H2,1-3H3,(H,24,26)(H,25,29)/b11-10-,22-18?. The lowest BCUT2D eigenvalue weighted by Crippen LogP contribution is -2.43. The van der Waals surface area contributed by atoms with Crippen molar-refractivity contribution in [2.45, 2.75) is 26.8 Å². The SMILES string of the molecule is C/C(N)=C(\C)C(=N)C(=O)Nc1cnc2[nH]c(-c3cn(C4CNC4)nc3C)cc2c1. The molecule has 29 heavy (non-hydrogen) atoms. The summed E-state index contributed by atoms with van der Waals surface area (Å²) < 4.78 is 2.01. The molecule has 3 aromatic heterocycles. The lowest BCUT2D eigenvalue weighted by Gasteiger charge is -2.27. The molecule has 1 saturated heterocycles. The second kappa shape index (κ2) is 7.17. The number of allylic oxidation sites excluding steroid dienone is 1. The quantitative estimate of drug-likeness (QED) is 0.423. The zero-order valence-corrected chi connectivity index (χ0v) is 16.6. The minimum atomic E-state index is -0.518. The van der Waals surface area contributed by atoms with E-state index in [-0.39, 0.29) is 5.71 Å². The second-order valence-corrected chi connectivity index (χ2v) is 7.40. The number of hydrogen-bond donors (Lipinski definition) is 5. The summed E-state index contributed by atoms with van der Waals surface area (Å²) in [6.45, 7) is 7.18. The van der Waals surface area contributed by atoms with E-state index in [4.69, 9.17) is 11.1 Å². The molecule has 6 N–H and O–H groups in total. The summed E-state index contributed by atoms with van der Waals surface area (Å²) >= 11 is 0. The predicted molar refractivity (Wildman–Crippen MR) is 113 cm³/mol. The zero-order chi connectivity index (χ0) is 20.7. The van der Waals surface area contributed by atoms with Crippen LogP contribution in [0, 0.1) is 12.3 Å². The van der Waals surface area contributed by atoms with Crippen LogP contribution < -0.4 is 16.4 Å². The number of hydrogen-bond acceptors (Lipinski definition) is 6. The highest BCUT2D eigenvalue weighted by Gasteiger charge is 2.21. The number of pyridine rings is 1. The number of aromatic nitrogens is 4. The Balaban J connectivity index is 1.58. The summed E-state index contributed by atoms with van der Waals surface area (Å²) in [4.78, 5) is 20.0. The molecule has 0 bridgehead atoms. The summed E-state index contributed by atoms with van der Waals surface area (Å²) in [5, 5.41) is 19.4. The smallest absolute Gasteiger partial charge is 0.273 e. The molecule has 0 spiro atoms. The molecule has 1 amide bonds. The van der Waals surface area contributed by atoms with Crippen LogP contribution in [0.15, 0.2) is 35.8 Å². The van der Waals surface area contributed by atoms with Gasteiger partial charge in [-0.05, 0) is 38.5 Å². The molecule has 0 unspecified atom stereocenters. The fourth-order valence-electron chi connectivity index (χ4n) is 3.18. The molecular weight excluding hydrogens is 368 g/mol. The minimum absolute atomic E-state index is 0.159. The number of H-pyrrole nitrogens is 1. The van der Waals surface area contributed by atoms with E-state index in [2.05, 4.69) is 31.9 Å². The molecule has 0 aromatic carbocycles. The van der Waals surface area contributed by atoms with Crippen LogP contribution in [0.2, 0.25) is 0 Å². The first-order valence-electron chi connectivity index (χ1n) is 9.42. The molecule has 0 radical (unpaired) electrons. The number of nitrogens with two attached hydrogens (primary N) is 1. The zero-order valence-electron chi connectivity index (χ0n) is 16.6. The van der Waals surface area contributed by atoms with Crippen LogP contribution in [0.3, 0.4) is 0 Å². The first kappa shape index (κ1) is 18.9. The number of aryl methyl sites for hydroxylation is 1. The van der Waals surface area contributed by atoms with E-state index < -0.39 is 5.91 Å². The Labute approximate surface area is 167 Å². The van der Waals surface area contributed by atoms with Gasteiger partial charge in [-0.15, -0.1) is 0 Å². The van der Waals surface area contributed by atoms with Crippen LogP contribution >= 0.6 is 0 Å². The van der Waals surface area contributed by atoms with Gasteiger partial charge < -0.3 is 21.4 Å². The number of rotatable bonds is 5. The van der Waals surface area contributed by atoms with E-state index in [1.54, 1.807) is 20.0 Å². The van der Waals surface area contributed by atoms with Crippen LogP contribution in [0.4, 0.5) is 5.69 Å². The van der Waals surface area contributed by atoms with Gasteiger partial charge >= 0.3 is 0 Å². The number of carbonyl (C=O) groups excluding carboxylic acids is 1. The monoisotopic (exact) mass is 392 g/mol. The number of fused-ring (bicyclic) bond motifs is 1. The molecule has 4 rings (SSSR count). The fourth-order valence-corrected chi connectivity index (χ4v) is 3.18. The Hall–Kier alpha value is -3.46. The maximum Gasteiger partial charge on any atom is 0.273 e. The van der Waals surface area contributed by atoms with Gasteiger partial charge in [0.2, 0.25) is 0 Å². The van der Waals surface area contributed by atoms with Crippen LogP contribution in [0.1, 0.15) is 25.6 Å². The second-order valence-electron chi connectivity index (χ2n) is 7.40. The maximum absolute atomic E-state index is 12.3. The largest absolute Gasteiger partial charge is 0.402 e. The molecule has 1 fully saturated rings. The molecule has 9 nitrogen and oxygen atoms in total. The Kier molecular flexibility index (Phi) is 4.67. The van der Waals surface area contributed by atoms with Crippen molar-refractivity contribution < 1.29 is 4.79 Å². The minimum Gasteiger partial charge on any atom is -0.402 e. The topological polar surface area (TPSA) is 138 Å². The van der Waals surface area contributed by atoms with Gasteiger partial charge in [0.25, 0.3) is 5.91 Å². The van der Waals surface area contributed by atoms with Gasteiger partial charge in [0.1, 0.15) is 11.4 Å². The molecule has 9 heteroatoms. The molecule has 0 atom stereocenters. The first-order valence-corrected chi connectivity index (χ1v) is 9.42. The number of amides is 1. The van der Waals surface area contributed by atoms with Crippen LogP contribution in [-0.4, -0.2) is 44.5 Å². The lowest BCUT2D eigenvalue weighted by molar-refractivity contribution is -0.110. The Morgan fingerprint density at radius 1 is 1.34 bits per heavy atom. The third-order valence-corrected chi connectivity index (χ3v) is 5.26. The van der Waals surface area contributed by atoms with E-state index in [1.807, 2.05) is 23.7 Å². The Bertz CT molecular complexity index is 1140. The average molecular weight is 392 g/mol. The summed E-state index contributed by atoms with van der Waals surface area (Å²) in [5.41, 5.74) is 10.6. The number of aromatic amines is 1. The Morgan fingerprint density at radius 2 is 2.10 bits per heavy atom. The highest BCUT2D eigenvalue weighted by Crippen LogP contribution is 2.28. The molecular formula is C20H24N8O. The third kappa shape index (κ3) is 3.52. The van der Waals surface area contributed by atoms with Gasteiger partial charge in [0, 0.05) is 35.9 Å². The molecule has 4 heterocycles. The van der Waals surface area contributed by atoms with Crippen molar-refractivity contribution in [1.82, 2.24) is 25.1 Å². The average Bonchev–Trinajstić information content (AvgIpc) is 3.21. The molecule has 3 aromatic rings. The van der Waals surface area contributed by atoms with Crippen molar-refractivity contribution in [2.24, 2.45) is 5.73 Å². The number of anilines is 1. The highest BCUT2D eigenvalue weighted by atomic mass is 16.1. The molecule has 1 aliphatic heterocycles. The normalized spacial score (nSPS) is 15.1. The highest BCUT2D eigenvalue weighted by molar-refractivity contribution is 6.47. The number of nitrogens with one attached hydrogen (secondary N) is 4. The van der Waals surface area contributed by atoms with Crippen molar-refractivity contribution in [1.29, 1.82) is 5.41 Å². The third-order valence-electron chi connectivity index (χ3n) is 5.26. The van der Waals surface area contributed by atoms with Crippen molar-refractivity contribution in [2.75, 3.05) is 18.4 Å². The van der Waals surface area contributed by atoms with Crippen LogP contribution in [0.25, 0.3) is 22.3 Å². The summed E-state index contributed by atoms with van der Waals surface area (Å²) in [7, 11) is 0. The van der Waals surface area contributed by atoms with E-state index in [0.29, 0.717) is 23.0 Å². The van der Waals surface area contributed by atoms with Gasteiger partial charge in [-0.3, -0.25) is 14.9 Å². The summed E-state index contributed by atoms with van der Waals surface area (Å²) in [5.74, 6) is -0.518. The summed E-state index contributed by atoms with van der Waals surface area (Å²) in [6, 6.07) is 4.22. The number of carbonyl (C=O) groups is 1. The van der Waals surface area contributed by atoms with Crippen molar-refractivity contribution in [3.8, 4) is 11.3 Å². The van der Waals surface area contributed by atoms with Gasteiger partial charge in [0.15, 0.2) is 0 Å². The Morgan fingerprint density at radius 3 is 2.76 bits per heavy atom. The van der Waals surface area contributed by atoms with E-state index in [1.165, 1.54) is 0 Å². The van der Waals surface area contributed by atoms with Gasteiger partial charge in [0.05, 0.1) is 29.3 Å². The fraction of sp³-hybridized carbons (Fsp3) is 0.300. The van der Waals surface area contributed by atoms with Crippen molar-refractivity contribution in [3.63, 3.8) is 0 Å². The first-order chi connectivity index (χ1) is 13.8. The predicted octanol–water partition coefficient (Wildman–Crippen LogP) is 2.09. The molecule has 1 aliphatic rings. The van der Waals surface area contributed by atoms with Crippen LogP contribution in [0.5, 0.6) is 0 Å². The molecule has 0 aliphatic carbocycles.